The molecule has 0 aliphatic heterocycles. The van der Waals surface area contributed by atoms with Crippen LogP contribution in [0.4, 0.5) is 19.1 Å². The van der Waals surface area contributed by atoms with E-state index in [4.69, 9.17) is 4.42 Å². The second-order valence-electron chi connectivity index (χ2n) is 3.86. The van der Waals surface area contributed by atoms with Gasteiger partial charge < -0.3 is 9.73 Å². The molecule has 7 heteroatoms. The third-order valence-electron chi connectivity index (χ3n) is 2.32. The van der Waals surface area contributed by atoms with Crippen LogP contribution in [0.25, 0.3) is 11.5 Å². The van der Waals surface area contributed by atoms with Crippen molar-refractivity contribution in [2.75, 3.05) is 11.9 Å². The van der Waals surface area contributed by atoms with E-state index in [-0.39, 0.29) is 17.4 Å². The number of hydrogen-bond acceptors (Lipinski definition) is 4. The second-order valence-corrected chi connectivity index (χ2v) is 3.86. The van der Waals surface area contributed by atoms with Crippen molar-refractivity contribution in [3.05, 3.63) is 30.2 Å². The first-order valence-electron chi connectivity index (χ1n) is 5.74. The van der Waals surface area contributed by atoms with Crippen molar-refractivity contribution in [1.82, 2.24) is 9.97 Å². The first kappa shape index (κ1) is 13.4. The Kier molecular flexibility index (Phi) is 3.73. The van der Waals surface area contributed by atoms with E-state index in [1.165, 1.54) is 6.26 Å². The van der Waals surface area contributed by atoms with Gasteiger partial charge in [-0.2, -0.15) is 13.2 Å². The maximum absolute atomic E-state index is 12.8. The maximum atomic E-state index is 12.8. The van der Waals surface area contributed by atoms with Gasteiger partial charge in [0.05, 0.1) is 6.26 Å². The van der Waals surface area contributed by atoms with E-state index in [2.05, 4.69) is 15.3 Å². The van der Waals surface area contributed by atoms with Crippen LogP contribution in [0.5, 0.6) is 0 Å². The molecule has 0 bridgehead atoms. The fourth-order valence-corrected chi connectivity index (χ4v) is 1.46. The van der Waals surface area contributed by atoms with Gasteiger partial charge in [-0.15, -0.1) is 0 Å². The van der Waals surface area contributed by atoms with Gasteiger partial charge in [0, 0.05) is 6.54 Å². The van der Waals surface area contributed by atoms with Crippen LogP contribution in [-0.2, 0) is 6.18 Å². The minimum absolute atomic E-state index is 0.0527. The predicted octanol–water partition coefficient (Wildman–Crippen LogP) is 3.58. The van der Waals surface area contributed by atoms with Crippen LogP contribution in [0, 0.1) is 0 Å². The lowest BCUT2D eigenvalue weighted by Crippen LogP contribution is -2.13. The van der Waals surface area contributed by atoms with Gasteiger partial charge in [0.2, 0.25) is 5.95 Å². The van der Waals surface area contributed by atoms with Gasteiger partial charge in [0.1, 0.15) is 5.69 Å². The summed E-state index contributed by atoms with van der Waals surface area (Å²) < 4.78 is 43.4. The first-order valence-corrected chi connectivity index (χ1v) is 5.74. The van der Waals surface area contributed by atoms with E-state index < -0.39 is 11.9 Å². The minimum Gasteiger partial charge on any atom is -0.463 e. The maximum Gasteiger partial charge on any atom is 0.433 e. The second kappa shape index (κ2) is 5.29. The summed E-state index contributed by atoms with van der Waals surface area (Å²) in [6.07, 6.45) is -2.38. The summed E-state index contributed by atoms with van der Waals surface area (Å²) in [6, 6.07) is 4.01. The number of halogens is 3. The summed E-state index contributed by atoms with van der Waals surface area (Å²) in [6.45, 7) is 2.40. The van der Waals surface area contributed by atoms with E-state index in [9.17, 15) is 13.2 Å². The number of alkyl halides is 3. The monoisotopic (exact) mass is 271 g/mol. The van der Waals surface area contributed by atoms with E-state index in [1.54, 1.807) is 12.1 Å². The summed E-state index contributed by atoms with van der Waals surface area (Å²) in [7, 11) is 0. The van der Waals surface area contributed by atoms with Crippen molar-refractivity contribution in [1.29, 1.82) is 0 Å². The lowest BCUT2D eigenvalue weighted by Gasteiger charge is -2.10. The van der Waals surface area contributed by atoms with Crippen LogP contribution in [0.2, 0.25) is 0 Å². The topological polar surface area (TPSA) is 51.0 Å². The van der Waals surface area contributed by atoms with Crippen molar-refractivity contribution in [2.45, 2.75) is 19.5 Å². The van der Waals surface area contributed by atoms with E-state index in [1.807, 2.05) is 6.92 Å². The summed E-state index contributed by atoms with van der Waals surface area (Å²) in [4.78, 5) is 7.47. The van der Waals surface area contributed by atoms with Gasteiger partial charge in [-0.1, -0.05) is 6.92 Å². The summed E-state index contributed by atoms with van der Waals surface area (Å²) >= 11 is 0. The molecule has 0 spiro atoms. The smallest absolute Gasteiger partial charge is 0.433 e. The highest BCUT2D eigenvalue weighted by Crippen LogP contribution is 2.31. The Labute approximate surface area is 107 Å². The quantitative estimate of drug-likeness (QED) is 0.923. The zero-order valence-corrected chi connectivity index (χ0v) is 10.2. The Hall–Kier alpha value is -2.05. The molecule has 0 saturated carbocycles. The van der Waals surface area contributed by atoms with Crippen LogP contribution in [-0.4, -0.2) is 16.5 Å². The number of aromatic nitrogens is 2. The highest BCUT2D eigenvalue weighted by Gasteiger charge is 2.34. The fraction of sp³-hybridized carbons (Fsp3) is 0.333. The van der Waals surface area contributed by atoms with Crippen molar-refractivity contribution in [2.24, 2.45) is 0 Å². The lowest BCUT2D eigenvalue weighted by atomic mass is 10.2. The van der Waals surface area contributed by atoms with Gasteiger partial charge in [0.25, 0.3) is 0 Å². The molecule has 0 unspecified atom stereocenters. The minimum atomic E-state index is -4.52. The van der Waals surface area contributed by atoms with Crippen LogP contribution in [0.15, 0.2) is 28.9 Å². The molecule has 0 saturated heterocycles. The molecule has 1 N–H and O–H groups in total. The van der Waals surface area contributed by atoms with E-state index >= 15 is 0 Å². The summed E-state index contributed by atoms with van der Waals surface area (Å²) in [5, 5.41) is 2.75. The molecule has 0 aliphatic carbocycles. The Bertz CT molecular complexity index is 538. The third-order valence-corrected chi connectivity index (χ3v) is 2.32. The average Bonchev–Trinajstić information content (AvgIpc) is 2.89. The summed E-state index contributed by atoms with van der Waals surface area (Å²) in [5.74, 6) is 0.218. The first-order chi connectivity index (χ1) is 9.00. The molecular weight excluding hydrogens is 259 g/mol. The molecule has 2 aromatic rings. The number of nitrogens with zero attached hydrogens (tertiary/aromatic N) is 2. The van der Waals surface area contributed by atoms with Crippen LogP contribution in [0.3, 0.4) is 0 Å². The number of anilines is 1. The Balaban J connectivity index is 2.43. The normalized spacial score (nSPS) is 11.6. The van der Waals surface area contributed by atoms with Crippen molar-refractivity contribution in [3.8, 4) is 11.5 Å². The van der Waals surface area contributed by atoms with Crippen molar-refractivity contribution in [3.63, 3.8) is 0 Å². The fourth-order valence-electron chi connectivity index (χ4n) is 1.46. The molecule has 4 nitrogen and oxygen atoms in total. The number of hydrogen-bond donors (Lipinski definition) is 1. The molecule has 19 heavy (non-hydrogen) atoms. The SMILES string of the molecule is CCCNc1nc(-c2ccco2)cc(C(F)(F)F)n1. The molecule has 102 valence electrons. The molecule has 2 heterocycles. The lowest BCUT2D eigenvalue weighted by molar-refractivity contribution is -0.141. The van der Waals surface area contributed by atoms with Gasteiger partial charge in [-0.05, 0) is 24.6 Å². The highest BCUT2D eigenvalue weighted by molar-refractivity contribution is 5.54. The van der Waals surface area contributed by atoms with Gasteiger partial charge in [-0.3, -0.25) is 0 Å². The van der Waals surface area contributed by atoms with Gasteiger partial charge in [0.15, 0.2) is 11.5 Å². The predicted molar refractivity (Wildman–Crippen MR) is 63.5 cm³/mol. The Morgan fingerprint density at radius 1 is 1.32 bits per heavy atom. The van der Waals surface area contributed by atoms with E-state index in [0.717, 1.165) is 12.5 Å². The largest absolute Gasteiger partial charge is 0.463 e. The number of furan rings is 1. The number of rotatable bonds is 4. The molecule has 0 aliphatic rings. The summed E-state index contributed by atoms with van der Waals surface area (Å²) in [5.41, 5.74) is -0.890. The zero-order chi connectivity index (χ0) is 13.9. The molecule has 0 radical (unpaired) electrons. The molecule has 0 fully saturated rings. The van der Waals surface area contributed by atoms with Gasteiger partial charge in [-0.25, -0.2) is 9.97 Å². The van der Waals surface area contributed by atoms with Gasteiger partial charge >= 0.3 is 6.18 Å². The Morgan fingerprint density at radius 2 is 2.11 bits per heavy atom. The van der Waals surface area contributed by atoms with Crippen LogP contribution in [0.1, 0.15) is 19.0 Å². The molecule has 0 amide bonds. The van der Waals surface area contributed by atoms with Crippen molar-refractivity contribution < 1.29 is 17.6 Å². The van der Waals surface area contributed by atoms with Crippen LogP contribution >= 0.6 is 0 Å². The van der Waals surface area contributed by atoms with Crippen LogP contribution < -0.4 is 5.32 Å². The average molecular weight is 271 g/mol. The van der Waals surface area contributed by atoms with E-state index in [0.29, 0.717) is 6.54 Å². The third kappa shape index (κ3) is 3.24. The van der Waals surface area contributed by atoms with Crippen molar-refractivity contribution >= 4 is 5.95 Å². The molecule has 0 atom stereocenters. The molecule has 2 rings (SSSR count). The molecule has 2 aromatic heterocycles. The number of nitrogens with one attached hydrogen (secondary N) is 1. The molecule has 0 aromatic carbocycles. The Morgan fingerprint density at radius 3 is 2.68 bits per heavy atom. The molecular formula is C12H12F3N3O. The standard InChI is InChI=1S/C12H12F3N3O/c1-2-5-16-11-17-8(9-4-3-6-19-9)7-10(18-11)12(13,14)15/h3-4,6-7H,2,5H2,1H3,(H,16,17,18). The zero-order valence-electron chi connectivity index (χ0n) is 10.2. The highest BCUT2D eigenvalue weighted by atomic mass is 19.4.